The third-order valence-electron chi connectivity index (χ3n) is 5.33. The van der Waals surface area contributed by atoms with E-state index in [1.54, 1.807) is 0 Å². The van der Waals surface area contributed by atoms with Crippen molar-refractivity contribution in [1.29, 1.82) is 0 Å². The fraction of sp³-hybridized carbons (Fsp3) is 1.00. The largest absolute Gasteiger partial charge is 0.377 e. The van der Waals surface area contributed by atoms with Crippen LogP contribution in [0.5, 0.6) is 0 Å². The van der Waals surface area contributed by atoms with Gasteiger partial charge in [-0.3, -0.25) is 0 Å². The van der Waals surface area contributed by atoms with Crippen molar-refractivity contribution in [3.8, 4) is 0 Å². The summed E-state index contributed by atoms with van der Waals surface area (Å²) >= 11 is 0. The SMILES string of the molecule is CC(C)COC1CC(NCC2CCCCN2C)C1(C)C. The molecule has 3 unspecified atom stereocenters. The summed E-state index contributed by atoms with van der Waals surface area (Å²) in [5.74, 6) is 0.633. The van der Waals surface area contributed by atoms with E-state index in [0.717, 1.165) is 19.2 Å². The Morgan fingerprint density at radius 1 is 1.30 bits per heavy atom. The molecule has 0 radical (unpaired) electrons. The number of nitrogens with one attached hydrogen (secondary N) is 1. The second kappa shape index (κ2) is 6.76. The number of ether oxygens (including phenoxy) is 1. The molecule has 3 nitrogen and oxygen atoms in total. The normalized spacial score (nSPS) is 34.2. The quantitative estimate of drug-likeness (QED) is 0.811. The highest BCUT2D eigenvalue weighted by Crippen LogP contribution is 2.43. The number of nitrogens with zero attached hydrogens (tertiary/aromatic N) is 1. The maximum atomic E-state index is 6.05. The lowest BCUT2D eigenvalue weighted by Gasteiger charge is -2.52. The topological polar surface area (TPSA) is 24.5 Å². The maximum absolute atomic E-state index is 6.05. The van der Waals surface area contributed by atoms with Gasteiger partial charge >= 0.3 is 0 Å². The Balaban J connectivity index is 1.72. The second-order valence-corrected chi connectivity index (χ2v) is 7.86. The zero-order chi connectivity index (χ0) is 14.8. The summed E-state index contributed by atoms with van der Waals surface area (Å²) in [7, 11) is 2.27. The van der Waals surface area contributed by atoms with E-state index in [4.69, 9.17) is 4.74 Å². The molecule has 2 fully saturated rings. The summed E-state index contributed by atoms with van der Waals surface area (Å²) < 4.78 is 6.05. The van der Waals surface area contributed by atoms with E-state index in [2.05, 4.69) is 45.0 Å². The molecule has 1 aliphatic heterocycles. The van der Waals surface area contributed by atoms with Crippen molar-refractivity contribution in [1.82, 2.24) is 10.2 Å². The summed E-state index contributed by atoms with van der Waals surface area (Å²) in [4.78, 5) is 2.52. The Kier molecular flexibility index (Phi) is 5.49. The highest BCUT2D eigenvalue weighted by Gasteiger charge is 2.48. The molecule has 20 heavy (non-hydrogen) atoms. The molecular formula is C17H34N2O. The third kappa shape index (κ3) is 3.75. The Bertz CT molecular complexity index is 303. The molecule has 1 saturated carbocycles. The van der Waals surface area contributed by atoms with Gasteiger partial charge in [-0.1, -0.05) is 34.1 Å². The van der Waals surface area contributed by atoms with Crippen LogP contribution < -0.4 is 5.32 Å². The standard InChI is InChI=1S/C17H34N2O/c1-13(2)12-20-16-10-15(17(16,3)4)18-11-14-8-6-7-9-19(14)5/h13-16,18H,6-12H2,1-5H3. The lowest BCUT2D eigenvalue weighted by Crippen LogP contribution is -2.62. The van der Waals surface area contributed by atoms with Crippen LogP contribution in [-0.4, -0.2) is 49.8 Å². The monoisotopic (exact) mass is 282 g/mol. The number of likely N-dealkylation sites (N-methyl/N-ethyl adjacent to an activating group) is 1. The molecule has 118 valence electrons. The number of likely N-dealkylation sites (tertiary alicyclic amines) is 1. The maximum Gasteiger partial charge on any atom is 0.0656 e. The first-order valence-electron chi connectivity index (χ1n) is 8.46. The Morgan fingerprint density at radius 2 is 2.05 bits per heavy atom. The molecule has 3 heteroatoms. The van der Waals surface area contributed by atoms with Crippen LogP contribution in [0, 0.1) is 11.3 Å². The highest BCUT2D eigenvalue weighted by molar-refractivity contribution is 5.03. The molecular weight excluding hydrogens is 248 g/mol. The fourth-order valence-corrected chi connectivity index (χ4v) is 3.50. The van der Waals surface area contributed by atoms with E-state index in [9.17, 15) is 0 Å². The fourth-order valence-electron chi connectivity index (χ4n) is 3.50. The third-order valence-corrected chi connectivity index (χ3v) is 5.33. The predicted molar refractivity (Wildman–Crippen MR) is 85.0 cm³/mol. The zero-order valence-corrected chi connectivity index (χ0v) is 14.1. The summed E-state index contributed by atoms with van der Waals surface area (Å²) in [6.45, 7) is 12.4. The summed E-state index contributed by atoms with van der Waals surface area (Å²) in [5, 5.41) is 3.81. The van der Waals surface area contributed by atoms with Gasteiger partial charge in [0.2, 0.25) is 0 Å². The van der Waals surface area contributed by atoms with Gasteiger partial charge in [-0.25, -0.2) is 0 Å². The number of hydrogen-bond donors (Lipinski definition) is 1. The van der Waals surface area contributed by atoms with Crippen molar-refractivity contribution >= 4 is 0 Å². The minimum atomic E-state index is 0.280. The molecule has 3 atom stereocenters. The van der Waals surface area contributed by atoms with Crippen molar-refractivity contribution in [2.45, 2.75) is 71.6 Å². The van der Waals surface area contributed by atoms with Gasteiger partial charge in [-0.15, -0.1) is 0 Å². The first-order chi connectivity index (χ1) is 9.41. The molecule has 0 amide bonds. The van der Waals surface area contributed by atoms with Crippen LogP contribution in [0.2, 0.25) is 0 Å². The molecule has 1 aliphatic carbocycles. The molecule has 2 aliphatic rings. The van der Waals surface area contributed by atoms with Gasteiger partial charge in [0.05, 0.1) is 6.10 Å². The lowest BCUT2D eigenvalue weighted by molar-refractivity contribution is -0.124. The van der Waals surface area contributed by atoms with Gasteiger partial charge < -0.3 is 15.0 Å². The van der Waals surface area contributed by atoms with Gasteiger partial charge in [0, 0.05) is 30.7 Å². The van der Waals surface area contributed by atoms with Crippen LogP contribution in [-0.2, 0) is 4.74 Å². The van der Waals surface area contributed by atoms with Crippen molar-refractivity contribution in [2.75, 3.05) is 26.7 Å². The molecule has 2 rings (SSSR count). The number of piperidine rings is 1. The van der Waals surface area contributed by atoms with E-state index < -0.39 is 0 Å². The van der Waals surface area contributed by atoms with Crippen LogP contribution in [0.1, 0.15) is 53.4 Å². The first kappa shape index (κ1) is 16.3. The summed E-state index contributed by atoms with van der Waals surface area (Å²) in [5.41, 5.74) is 0.280. The minimum Gasteiger partial charge on any atom is -0.377 e. The minimum absolute atomic E-state index is 0.280. The van der Waals surface area contributed by atoms with Gasteiger partial charge in [-0.05, 0) is 38.8 Å². The van der Waals surface area contributed by atoms with Crippen molar-refractivity contribution in [2.24, 2.45) is 11.3 Å². The average Bonchev–Trinajstić information content (AvgIpc) is 2.38. The van der Waals surface area contributed by atoms with Crippen LogP contribution in [0.25, 0.3) is 0 Å². The average molecular weight is 282 g/mol. The molecule has 1 N–H and O–H groups in total. The van der Waals surface area contributed by atoms with E-state index in [0.29, 0.717) is 18.1 Å². The van der Waals surface area contributed by atoms with E-state index in [1.165, 1.54) is 32.2 Å². The Labute approximate surface area is 125 Å². The number of hydrogen-bond acceptors (Lipinski definition) is 3. The van der Waals surface area contributed by atoms with E-state index >= 15 is 0 Å². The van der Waals surface area contributed by atoms with E-state index in [1.807, 2.05) is 0 Å². The lowest BCUT2D eigenvalue weighted by atomic mass is 9.64. The predicted octanol–water partition coefficient (Wildman–Crippen LogP) is 2.90. The van der Waals surface area contributed by atoms with Gasteiger partial charge in [0.15, 0.2) is 0 Å². The van der Waals surface area contributed by atoms with Crippen molar-refractivity contribution < 1.29 is 4.74 Å². The van der Waals surface area contributed by atoms with Gasteiger partial charge in [0.1, 0.15) is 0 Å². The van der Waals surface area contributed by atoms with Crippen LogP contribution in [0.4, 0.5) is 0 Å². The highest BCUT2D eigenvalue weighted by atomic mass is 16.5. The Morgan fingerprint density at radius 3 is 2.65 bits per heavy atom. The van der Waals surface area contributed by atoms with Gasteiger partial charge in [-0.2, -0.15) is 0 Å². The van der Waals surface area contributed by atoms with Gasteiger partial charge in [0.25, 0.3) is 0 Å². The van der Waals surface area contributed by atoms with Crippen molar-refractivity contribution in [3.63, 3.8) is 0 Å². The van der Waals surface area contributed by atoms with Crippen LogP contribution in [0.3, 0.4) is 0 Å². The van der Waals surface area contributed by atoms with Crippen LogP contribution in [0.15, 0.2) is 0 Å². The van der Waals surface area contributed by atoms with Crippen LogP contribution >= 0.6 is 0 Å². The molecule has 1 heterocycles. The van der Waals surface area contributed by atoms with Crippen molar-refractivity contribution in [3.05, 3.63) is 0 Å². The number of rotatable bonds is 6. The zero-order valence-electron chi connectivity index (χ0n) is 14.1. The molecule has 0 bridgehead atoms. The molecule has 0 spiro atoms. The molecule has 1 saturated heterocycles. The molecule has 0 aromatic heterocycles. The molecule has 0 aromatic rings. The van der Waals surface area contributed by atoms with E-state index in [-0.39, 0.29) is 5.41 Å². The Hall–Kier alpha value is -0.120. The second-order valence-electron chi connectivity index (χ2n) is 7.86. The summed E-state index contributed by atoms with van der Waals surface area (Å²) in [6, 6.07) is 1.35. The molecule has 0 aromatic carbocycles. The summed E-state index contributed by atoms with van der Waals surface area (Å²) in [6.07, 6.45) is 5.73. The smallest absolute Gasteiger partial charge is 0.0656 e. The first-order valence-corrected chi connectivity index (χ1v) is 8.46.